The van der Waals surface area contributed by atoms with Gasteiger partial charge >= 0.3 is 5.97 Å². The van der Waals surface area contributed by atoms with Crippen LogP contribution in [-0.2, 0) is 4.79 Å². The highest BCUT2D eigenvalue weighted by Crippen LogP contribution is 2.23. The van der Waals surface area contributed by atoms with E-state index in [2.05, 4.69) is 10.6 Å². The zero-order chi connectivity index (χ0) is 18.4. The number of rotatable bonds is 5. The maximum absolute atomic E-state index is 12.3. The average Bonchev–Trinajstić information content (AvgIpc) is 2.53. The summed E-state index contributed by atoms with van der Waals surface area (Å²) in [5.74, 6) is -1.67. The van der Waals surface area contributed by atoms with Gasteiger partial charge < -0.3 is 21.5 Å². The first-order valence-electron chi connectivity index (χ1n) is 7.08. The number of hydrogen-bond acceptors (Lipinski definition) is 3. The second-order valence-corrected chi connectivity index (χ2v) is 5.39. The smallest absolute Gasteiger partial charge is 0.328 e. The van der Waals surface area contributed by atoms with E-state index in [1.807, 2.05) is 0 Å². The zero-order valence-corrected chi connectivity index (χ0v) is 13.7. The Labute approximate surface area is 148 Å². The Morgan fingerprint density at radius 1 is 1.12 bits per heavy atom. The predicted molar refractivity (Wildman–Crippen MR) is 98.1 cm³/mol. The lowest BCUT2D eigenvalue weighted by Crippen LogP contribution is -2.20. The third-order valence-corrected chi connectivity index (χ3v) is 3.39. The minimum absolute atomic E-state index is 0.227. The van der Waals surface area contributed by atoms with Crippen molar-refractivity contribution in [3.63, 3.8) is 0 Å². The van der Waals surface area contributed by atoms with Crippen molar-refractivity contribution >= 4 is 46.9 Å². The molecule has 6 N–H and O–H groups in total. The molecule has 0 aliphatic carbocycles. The van der Waals surface area contributed by atoms with E-state index in [1.54, 1.807) is 36.4 Å². The number of guanidine groups is 1. The van der Waals surface area contributed by atoms with Crippen LogP contribution in [0.2, 0.25) is 5.02 Å². The first-order chi connectivity index (χ1) is 11.8. The van der Waals surface area contributed by atoms with Crippen LogP contribution in [0.5, 0.6) is 0 Å². The van der Waals surface area contributed by atoms with Crippen LogP contribution in [0.1, 0.15) is 15.9 Å². The summed E-state index contributed by atoms with van der Waals surface area (Å²) in [7, 11) is 0. The van der Waals surface area contributed by atoms with Crippen molar-refractivity contribution in [1.29, 1.82) is 5.41 Å². The molecule has 0 atom stereocenters. The fourth-order valence-electron chi connectivity index (χ4n) is 2.00. The first-order valence-corrected chi connectivity index (χ1v) is 7.46. The van der Waals surface area contributed by atoms with Crippen molar-refractivity contribution in [1.82, 2.24) is 0 Å². The molecule has 0 saturated carbocycles. The zero-order valence-electron chi connectivity index (χ0n) is 12.9. The van der Waals surface area contributed by atoms with E-state index in [9.17, 15) is 9.59 Å². The molecule has 0 saturated heterocycles. The van der Waals surface area contributed by atoms with Gasteiger partial charge in [-0.3, -0.25) is 10.2 Å². The molecule has 7 nitrogen and oxygen atoms in total. The molecule has 0 heterocycles. The Balaban J connectivity index is 2.14. The lowest BCUT2D eigenvalue weighted by Gasteiger charge is -2.09. The fourth-order valence-corrected chi connectivity index (χ4v) is 2.24. The Kier molecular flexibility index (Phi) is 5.75. The lowest BCUT2D eigenvalue weighted by atomic mass is 10.1. The molecular formula is C17H15ClN4O3. The van der Waals surface area contributed by atoms with Gasteiger partial charge in [0, 0.05) is 28.0 Å². The quantitative estimate of drug-likeness (QED) is 0.319. The number of benzene rings is 2. The van der Waals surface area contributed by atoms with Gasteiger partial charge in [-0.25, -0.2) is 4.79 Å². The average molecular weight is 359 g/mol. The van der Waals surface area contributed by atoms with Gasteiger partial charge in [-0.2, -0.15) is 0 Å². The van der Waals surface area contributed by atoms with Gasteiger partial charge in [0.15, 0.2) is 5.96 Å². The second kappa shape index (κ2) is 7.98. The molecule has 2 aromatic carbocycles. The van der Waals surface area contributed by atoms with Crippen LogP contribution in [0.3, 0.4) is 0 Å². The van der Waals surface area contributed by atoms with Crippen LogP contribution in [0.25, 0.3) is 6.08 Å². The maximum atomic E-state index is 12.3. The topological polar surface area (TPSA) is 128 Å². The summed E-state index contributed by atoms with van der Waals surface area (Å²) in [6, 6.07) is 11.3. The van der Waals surface area contributed by atoms with E-state index in [4.69, 9.17) is 27.9 Å². The van der Waals surface area contributed by atoms with Crippen LogP contribution in [0, 0.1) is 5.41 Å². The van der Waals surface area contributed by atoms with E-state index >= 15 is 0 Å². The van der Waals surface area contributed by atoms with Crippen molar-refractivity contribution in [2.75, 3.05) is 10.6 Å². The number of carbonyl (C=O) groups excluding carboxylic acids is 1. The fraction of sp³-hybridized carbons (Fsp3) is 0. The van der Waals surface area contributed by atoms with Gasteiger partial charge in [-0.1, -0.05) is 23.7 Å². The number of amides is 1. The van der Waals surface area contributed by atoms with Crippen molar-refractivity contribution < 1.29 is 14.7 Å². The van der Waals surface area contributed by atoms with Gasteiger partial charge in [-0.05, 0) is 42.0 Å². The molecule has 2 aromatic rings. The minimum atomic E-state index is -1.08. The SMILES string of the molecule is N=C(N)Nc1cccc(C(=O)Nc2ccc(/C=C/C(=O)O)c(Cl)c2)c1. The number of anilines is 2. The number of halogens is 1. The molecule has 1 amide bonds. The molecule has 0 spiro atoms. The number of aliphatic carboxylic acids is 1. The summed E-state index contributed by atoms with van der Waals surface area (Å²) in [5, 5.41) is 21.4. The van der Waals surface area contributed by atoms with Gasteiger partial charge in [0.2, 0.25) is 0 Å². The van der Waals surface area contributed by atoms with E-state index in [-0.39, 0.29) is 11.9 Å². The summed E-state index contributed by atoms with van der Waals surface area (Å²) < 4.78 is 0. The Morgan fingerprint density at radius 2 is 1.84 bits per heavy atom. The number of carboxylic acid groups (broad SMARTS) is 1. The highest BCUT2D eigenvalue weighted by atomic mass is 35.5. The summed E-state index contributed by atoms with van der Waals surface area (Å²) >= 11 is 6.08. The summed E-state index contributed by atoms with van der Waals surface area (Å²) in [6.45, 7) is 0. The third kappa shape index (κ3) is 5.36. The summed E-state index contributed by atoms with van der Waals surface area (Å²) in [4.78, 5) is 22.8. The molecule has 25 heavy (non-hydrogen) atoms. The normalized spacial score (nSPS) is 10.4. The molecule has 0 unspecified atom stereocenters. The van der Waals surface area contributed by atoms with E-state index in [1.165, 1.54) is 12.1 Å². The second-order valence-electron chi connectivity index (χ2n) is 4.98. The molecule has 0 aliphatic heterocycles. The Hall–Kier alpha value is -3.32. The van der Waals surface area contributed by atoms with Gasteiger partial charge in [0.05, 0.1) is 0 Å². The maximum Gasteiger partial charge on any atom is 0.328 e. The van der Waals surface area contributed by atoms with Crippen molar-refractivity contribution in [2.24, 2.45) is 5.73 Å². The first kappa shape index (κ1) is 18.0. The number of carbonyl (C=O) groups is 2. The van der Waals surface area contributed by atoms with Gasteiger partial charge in [-0.15, -0.1) is 0 Å². The van der Waals surface area contributed by atoms with Crippen LogP contribution < -0.4 is 16.4 Å². The van der Waals surface area contributed by atoms with Crippen LogP contribution in [-0.4, -0.2) is 22.9 Å². The molecular weight excluding hydrogens is 344 g/mol. The van der Waals surface area contributed by atoms with Crippen LogP contribution >= 0.6 is 11.6 Å². The highest BCUT2D eigenvalue weighted by Gasteiger charge is 2.08. The van der Waals surface area contributed by atoms with Gasteiger partial charge in [0.1, 0.15) is 0 Å². The van der Waals surface area contributed by atoms with Crippen molar-refractivity contribution in [3.05, 3.63) is 64.7 Å². The predicted octanol–water partition coefficient (Wildman–Crippen LogP) is 3.00. The molecule has 0 radical (unpaired) electrons. The minimum Gasteiger partial charge on any atom is -0.478 e. The summed E-state index contributed by atoms with van der Waals surface area (Å²) in [5.41, 5.74) is 7.14. The highest BCUT2D eigenvalue weighted by molar-refractivity contribution is 6.32. The van der Waals surface area contributed by atoms with Crippen molar-refractivity contribution in [2.45, 2.75) is 0 Å². The number of hydrogen-bond donors (Lipinski definition) is 5. The molecule has 0 bridgehead atoms. The van der Waals surface area contributed by atoms with E-state index in [0.29, 0.717) is 27.5 Å². The summed E-state index contributed by atoms with van der Waals surface area (Å²) in [6.07, 6.45) is 2.35. The molecule has 128 valence electrons. The van der Waals surface area contributed by atoms with E-state index in [0.717, 1.165) is 6.08 Å². The number of nitrogens with one attached hydrogen (secondary N) is 3. The van der Waals surface area contributed by atoms with Crippen LogP contribution in [0.15, 0.2) is 48.5 Å². The number of carboxylic acids is 1. The lowest BCUT2D eigenvalue weighted by molar-refractivity contribution is -0.131. The molecule has 0 aliphatic rings. The third-order valence-electron chi connectivity index (χ3n) is 3.07. The molecule has 0 aromatic heterocycles. The van der Waals surface area contributed by atoms with Gasteiger partial charge in [0.25, 0.3) is 5.91 Å². The Morgan fingerprint density at radius 3 is 2.48 bits per heavy atom. The largest absolute Gasteiger partial charge is 0.478 e. The standard InChI is InChI=1S/C17H15ClN4O3/c18-14-9-13(6-4-10(14)5-7-15(23)24)21-16(25)11-2-1-3-12(8-11)22-17(19)20/h1-9H,(H,21,25)(H,23,24)(H4,19,20,22)/b7-5+. The molecule has 8 heteroatoms. The van der Waals surface area contributed by atoms with Crippen molar-refractivity contribution in [3.8, 4) is 0 Å². The Bertz CT molecular complexity index is 865. The number of nitrogens with two attached hydrogens (primary N) is 1. The monoisotopic (exact) mass is 358 g/mol. The molecule has 0 fully saturated rings. The van der Waals surface area contributed by atoms with E-state index < -0.39 is 5.97 Å². The van der Waals surface area contributed by atoms with Crippen LogP contribution in [0.4, 0.5) is 11.4 Å². The molecule has 2 rings (SSSR count).